The van der Waals surface area contributed by atoms with Gasteiger partial charge in [0, 0.05) is 0 Å². The molecular weight excluding hydrogens is 600 g/mol. The largest absolute Gasteiger partial charge is 0.374 e. The molecule has 1 aliphatic rings. The Hall–Kier alpha value is -3.63. The van der Waals surface area contributed by atoms with Gasteiger partial charge in [-0.1, -0.05) is 133 Å². The summed E-state index contributed by atoms with van der Waals surface area (Å²) in [4.78, 5) is 0. The topological polar surface area (TPSA) is 80.3 Å². The van der Waals surface area contributed by atoms with E-state index in [0.29, 0.717) is 12.2 Å². The van der Waals surface area contributed by atoms with E-state index in [1.807, 2.05) is 121 Å². The molecule has 0 radical (unpaired) electrons. The van der Waals surface area contributed by atoms with Gasteiger partial charge in [-0.25, -0.2) is 8.42 Å². The van der Waals surface area contributed by atoms with Gasteiger partial charge >= 0.3 is 0 Å². The minimum absolute atomic E-state index is 0.0873. The highest BCUT2D eigenvalue weighted by Crippen LogP contribution is 2.34. The van der Waals surface area contributed by atoms with Gasteiger partial charge in [-0.15, -0.1) is 0 Å². The molecular formula is C38H42O7S. The van der Waals surface area contributed by atoms with Crippen molar-refractivity contribution < 1.29 is 32.1 Å². The first kappa shape index (κ1) is 33.7. The van der Waals surface area contributed by atoms with Crippen LogP contribution in [0.5, 0.6) is 0 Å². The van der Waals surface area contributed by atoms with E-state index in [-0.39, 0.29) is 32.2 Å². The van der Waals surface area contributed by atoms with Crippen LogP contribution in [-0.2, 0) is 59.9 Å². The average Bonchev–Trinajstić information content (AvgIpc) is 3.07. The molecule has 0 N–H and O–H groups in total. The fourth-order valence-corrected chi connectivity index (χ4v) is 7.27. The normalized spacial score (nSPS) is 21.5. The van der Waals surface area contributed by atoms with Crippen molar-refractivity contribution in [1.29, 1.82) is 0 Å². The summed E-state index contributed by atoms with van der Waals surface area (Å²) in [5.74, 6) is -0.249. The highest BCUT2D eigenvalue weighted by Gasteiger charge is 2.52. The lowest BCUT2D eigenvalue weighted by Gasteiger charge is -2.45. The van der Waals surface area contributed by atoms with E-state index >= 15 is 0 Å². The van der Waals surface area contributed by atoms with Crippen LogP contribution in [0.25, 0.3) is 0 Å². The van der Waals surface area contributed by atoms with Crippen LogP contribution < -0.4 is 0 Å². The Balaban J connectivity index is 1.49. The molecule has 8 heteroatoms. The molecule has 4 aromatic rings. The van der Waals surface area contributed by atoms with Gasteiger partial charge in [-0.05, 0) is 29.2 Å². The predicted octanol–water partition coefficient (Wildman–Crippen LogP) is 6.68. The molecule has 0 saturated carbocycles. The fourth-order valence-electron chi connectivity index (χ4n) is 5.46. The van der Waals surface area contributed by atoms with E-state index in [4.69, 9.17) is 23.7 Å². The lowest BCUT2D eigenvalue weighted by atomic mass is 9.98. The third kappa shape index (κ3) is 9.69. The van der Waals surface area contributed by atoms with Gasteiger partial charge in [0.15, 0.2) is 15.3 Å². The summed E-state index contributed by atoms with van der Waals surface area (Å²) in [6, 6.07) is 39.0. The summed E-state index contributed by atoms with van der Waals surface area (Å²) in [5, 5.41) is 0. The zero-order valence-electron chi connectivity index (χ0n) is 26.1. The van der Waals surface area contributed by atoms with Crippen molar-refractivity contribution in [1.82, 2.24) is 0 Å². The number of sulfone groups is 1. The van der Waals surface area contributed by atoms with E-state index in [0.717, 1.165) is 22.3 Å². The Bertz CT molecular complexity index is 1580. The monoisotopic (exact) mass is 642 g/mol. The summed E-state index contributed by atoms with van der Waals surface area (Å²) in [5.41, 5.74) is 2.97. The zero-order valence-corrected chi connectivity index (χ0v) is 27.0. The summed E-state index contributed by atoms with van der Waals surface area (Å²) in [6.07, 6.45) is -3.29. The van der Waals surface area contributed by atoms with Crippen molar-refractivity contribution in [2.45, 2.75) is 63.2 Å². The van der Waals surface area contributed by atoms with E-state index in [9.17, 15) is 8.42 Å². The van der Waals surface area contributed by atoms with Gasteiger partial charge < -0.3 is 23.7 Å². The van der Waals surface area contributed by atoms with Crippen molar-refractivity contribution in [2.24, 2.45) is 0 Å². The van der Waals surface area contributed by atoms with Crippen LogP contribution in [0.2, 0.25) is 0 Å². The number of hydrogen-bond acceptors (Lipinski definition) is 7. The fraction of sp³-hybridized carbons (Fsp3) is 0.316. The molecule has 7 nitrogen and oxygen atoms in total. The molecule has 0 spiro atoms. The van der Waals surface area contributed by atoms with Crippen LogP contribution in [0.15, 0.2) is 133 Å². The average molecular weight is 643 g/mol. The molecule has 242 valence electrons. The first-order chi connectivity index (χ1) is 22.4. The summed E-state index contributed by atoms with van der Waals surface area (Å²) in [7, 11) is -3.89. The highest BCUT2D eigenvalue weighted by atomic mass is 32.2. The molecule has 46 heavy (non-hydrogen) atoms. The SMILES string of the molecule is C=C(C)CS(=O)(=O)C1O[C@H](COCc2ccccc2)[C@@H](OCc2ccccc2)[C@H](OCc2ccccc2)[C@H]1OCc1ccccc1. The number of hydrogen-bond donors (Lipinski definition) is 0. The summed E-state index contributed by atoms with van der Waals surface area (Å²) < 4.78 is 60.2. The Labute approximate surface area is 272 Å². The van der Waals surface area contributed by atoms with Crippen LogP contribution in [0.3, 0.4) is 0 Å². The summed E-state index contributed by atoms with van der Waals surface area (Å²) in [6.45, 7) is 6.65. The van der Waals surface area contributed by atoms with Crippen molar-refractivity contribution in [3.8, 4) is 0 Å². The smallest absolute Gasteiger partial charge is 0.188 e. The van der Waals surface area contributed by atoms with Crippen molar-refractivity contribution in [2.75, 3.05) is 12.4 Å². The first-order valence-corrected chi connectivity index (χ1v) is 17.2. The van der Waals surface area contributed by atoms with Crippen molar-refractivity contribution >= 4 is 9.84 Å². The van der Waals surface area contributed by atoms with Crippen LogP contribution >= 0.6 is 0 Å². The lowest BCUT2D eigenvalue weighted by molar-refractivity contribution is -0.256. The maximum atomic E-state index is 14.0. The lowest BCUT2D eigenvalue weighted by Crippen LogP contribution is -2.63. The number of ether oxygens (including phenoxy) is 5. The second kappa shape index (κ2) is 16.8. The highest BCUT2D eigenvalue weighted by molar-refractivity contribution is 7.92. The molecule has 0 bridgehead atoms. The van der Waals surface area contributed by atoms with Gasteiger partial charge in [-0.2, -0.15) is 0 Å². The molecule has 0 amide bonds. The maximum Gasteiger partial charge on any atom is 0.188 e. The van der Waals surface area contributed by atoms with Gasteiger partial charge in [0.2, 0.25) is 0 Å². The van der Waals surface area contributed by atoms with Crippen LogP contribution in [0.1, 0.15) is 29.2 Å². The van der Waals surface area contributed by atoms with Crippen molar-refractivity contribution in [3.05, 3.63) is 156 Å². The molecule has 5 rings (SSSR count). The molecule has 4 aromatic carbocycles. The molecule has 0 aliphatic carbocycles. The Morgan fingerprint density at radius 1 is 0.609 bits per heavy atom. The standard InChI is InChI=1S/C38H42O7S/c1-29(2)28-46(39,40)38-37(44-26-33-21-13-6-14-22-33)36(43-25-32-19-11-5-12-20-32)35(42-24-31-17-9-4-10-18-31)34(45-38)27-41-23-30-15-7-3-8-16-30/h3-22,34-38H,1,23-28H2,2H3/t34-,35-,36+,37-,38?/m1/s1. The minimum atomic E-state index is -3.89. The van der Waals surface area contributed by atoms with Crippen LogP contribution in [0, 0.1) is 0 Å². The molecule has 1 fully saturated rings. The third-order valence-electron chi connectivity index (χ3n) is 7.64. The van der Waals surface area contributed by atoms with Gasteiger partial charge in [0.1, 0.15) is 24.4 Å². The van der Waals surface area contributed by atoms with Crippen LogP contribution in [-0.4, -0.2) is 50.6 Å². The zero-order chi connectivity index (χ0) is 32.2. The molecule has 1 unspecified atom stereocenters. The van der Waals surface area contributed by atoms with Crippen molar-refractivity contribution in [3.63, 3.8) is 0 Å². The maximum absolute atomic E-state index is 14.0. The second-order valence-corrected chi connectivity index (χ2v) is 13.7. The molecule has 1 aliphatic heterocycles. The Morgan fingerprint density at radius 3 is 1.43 bits per heavy atom. The van der Waals surface area contributed by atoms with E-state index in [1.165, 1.54) is 0 Å². The first-order valence-electron chi connectivity index (χ1n) is 15.5. The Morgan fingerprint density at radius 2 is 1.00 bits per heavy atom. The van der Waals surface area contributed by atoms with E-state index in [1.54, 1.807) is 6.92 Å². The quantitative estimate of drug-likeness (QED) is 0.126. The minimum Gasteiger partial charge on any atom is -0.374 e. The van der Waals surface area contributed by atoms with Gasteiger partial charge in [0.05, 0.1) is 38.8 Å². The molecule has 1 saturated heterocycles. The second-order valence-electron chi connectivity index (χ2n) is 11.6. The number of benzene rings is 4. The summed E-state index contributed by atoms with van der Waals surface area (Å²) >= 11 is 0. The molecule has 1 heterocycles. The van der Waals surface area contributed by atoms with Crippen LogP contribution in [0.4, 0.5) is 0 Å². The predicted molar refractivity (Wildman–Crippen MR) is 178 cm³/mol. The molecule has 5 atom stereocenters. The van der Waals surface area contributed by atoms with E-state index < -0.39 is 39.7 Å². The van der Waals surface area contributed by atoms with Gasteiger partial charge in [-0.3, -0.25) is 0 Å². The molecule has 0 aromatic heterocycles. The Kier molecular flexibility index (Phi) is 12.3. The third-order valence-corrected chi connectivity index (χ3v) is 9.62. The number of rotatable bonds is 16. The van der Waals surface area contributed by atoms with Gasteiger partial charge in [0.25, 0.3) is 0 Å². The van der Waals surface area contributed by atoms with E-state index in [2.05, 4.69) is 6.58 Å².